The average Bonchev–Trinajstić information content (AvgIpc) is 2.58. The summed E-state index contributed by atoms with van der Waals surface area (Å²) in [5, 5.41) is 0. The van der Waals surface area contributed by atoms with Crippen molar-refractivity contribution < 1.29 is 14.3 Å². The molecule has 1 atom stereocenters. The molecule has 4 nitrogen and oxygen atoms in total. The van der Waals surface area contributed by atoms with Gasteiger partial charge in [0, 0.05) is 19.0 Å². The van der Waals surface area contributed by atoms with Gasteiger partial charge in [0.05, 0.1) is 20.3 Å². The SMILES string of the molecule is CC.CC.COc1ccccc1C1CN(C(C)=O)CCO1. The number of para-hydroxylation sites is 1. The summed E-state index contributed by atoms with van der Waals surface area (Å²) in [7, 11) is 1.64. The Balaban J connectivity index is 0.000000921. The molecule has 0 saturated carbocycles. The molecule has 1 aromatic carbocycles. The highest BCUT2D eigenvalue weighted by molar-refractivity contribution is 5.73. The first-order chi connectivity index (χ1) is 10.2. The molecule has 4 heteroatoms. The van der Waals surface area contributed by atoms with Gasteiger partial charge >= 0.3 is 0 Å². The van der Waals surface area contributed by atoms with Gasteiger partial charge in [-0.1, -0.05) is 45.9 Å². The van der Waals surface area contributed by atoms with Crippen molar-refractivity contribution in [3.63, 3.8) is 0 Å². The fraction of sp³-hybridized carbons (Fsp3) is 0.588. The molecule has 1 unspecified atom stereocenters. The summed E-state index contributed by atoms with van der Waals surface area (Å²) in [5.74, 6) is 0.899. The number of morpholine rings is 1. The van der Waals surface area contributed by atoms with Gasteiger partial charge in [-0.3, -0.25) is 4.79 Å². The van der Waals surface area contributed by atoms with Gasteiger partial charge in [0.15, 0.2) is 0 Å². The molecule has 1 aliphatic rings. The standard InChI is InChI=1S/C13H17NO3.2C2H6/c1-10(15)14-7-8-17-13(9-14)11-5-3-4-6-12(11)16-2;2*1-2/h3-6,13H,7-9H2,1-2H3;2*1-2H3. The monoisotopic (exact) mass is 295 g/mol. The number of hydrogen-bond donors (Lipinski definition) is 0. The largest absolute Gasteiger partial charge is 0.496 e. The Morgan fingerprint density at radius 1 is 1.24 bits per heavy atom. The quantitative estimate of drug-likeness (QED) is 0.835. The van der Waals surface area contributed by atoms with Gasteiger partial charge in [-0.25, -0.2) is 0 Å². The summed E-state index contributed by atoms with van der Waals surface area (Å²) in [6.07, 6.45) is -0.0937. The Bertz CT molecular complexity index is 407. The normalized spacial score (nSPS) is 16.9. The molecule has 0 bridgehead atoms. The van der Waals surface area contributed by atoms with Crippen LogP contribution in [0.25, 0.3) is 0 Å². The number of carbonyl (C=O) groups excluding carboxylic acids is 1. The first-order valence-electron chi connectivity index (χ1n) is 7.72. The van der Waals surface area contributed by atoms with Crippen LogP contribution in [-0.2, 0) is 9.53 Å². The molecule has 1 amide bonds. The first-order valence-corrected chi connectivity index (χ1v) is 7.72. The Morgan fingerprint density at radius 3 is 2.43 bits per heavy atom. The zero-order chi connectivity index (χ0) is 16.3. The van der Waals surface area contributed by atoms with Gasteiger partial charge in [0.1, 0.15) is 11.9 Å². The van der Waals surface area contributed by atoms with Gasteiger partial charge in [0.2, 0.25) is 5.91 Å². The minimum absolute atomic E-state index is 0.0909. The van der Waals surface area contributed by atoms with Crippen molar-refractivity contribution in [1.82, 2.24) is 4.90 Å². The van der Waals surface area contributed by atoms with Crippen LogP contribution < -0.4 is 4.74 Å². The van der Waals surface area contributed by atoms with Crippen LogP contribution in [0.2, 0.25) is 0 Å². The van der Waals surface area contributed by atoms with Gasteiger partial charge < -0.3 is 14.4 Å². The molecule has 1 aliphatic heterocycles. The van der Waals surface area contributed by atoms with Crippen LogP contribution in [0.1, 0.15) is 46.3 Å². The lowest BCUT2D eigenvalue weighted by atomic mass is 10.1. The predicted octanol–water partition coefficient (Wildman–Crippen LogP) is 3.67. The van der Waals surface area contributed by atoms with E-state index in [0.717, 1.165) is 11.3 Å². The maximum absolute atomic E-state index is 11.4. The Kier molecular flexibility index (Phi) is 10.3. The number of ether oxygens (including phenoxy) is 2. The summed E-state index contributed by atoms with van der Waals surface area (Å²) in [6, 6.07) is 7.76. The van der Waals surface area contributed by atoms with Gasteiger partial charge in [-0.05, 0) is 6.07 Å². The molecule has 1 heterocycles. The van der Waals surface area contributed by atoms with Crippen molar-refractivity contribution in [2.75, 3.05) is 26.8 Å². The zero-order valence-electron chi connectivity index (χ0n) is 14.2. The fourth-order valence-electron chi connectivity index (χ4n) is 2.06. The number of nitrogens with zero attached hydrogens (tertiary/aromatic N) is 1. The lowest BCUT2D eigenvalue weighted by molar-refractivity contribution is -0.136. The van der Waals surface area contributed by atoms with E-state index in [-0.39, 0.29) is 12.0 Å². The molecule has 0 N–H and O–H groups in total. The minimum Gasteiger partial charge on any atom is -0.496 e. The Hall–Kier alpha value is -1.55. The molecule has 0 aromatic heterocycles. The predicted molar refractivity (Wildman–Crippen MR) is 86.6 cm³/mol. The maximum atomic E-state index is 11.4. The smallest absolute Gasteiger partial charge is 0.219 e. The summed E-state index contributed by atoms with van der Waals surface area (Å²) in [5.41, 5.74) is 1.00. The summed E-state index contributed by atoms with van der Waals surface area (Å²) in [4.78, 5) is 13.2. The maximum Gasteiger partial charge on any atom is 0.219 e. The van der Waals surface area contributed by atoms with Crippen LogP contribution in [-0.4, -0.2) is 37.6 Å². The number of methoxy groups -OCH3 is 1. The van der Waals surface area contributed by atoms with E-state index in [9.17, 15) is 4.79 Å². The van der Waals surface area contributed by atoms with Crippen molar-refractivity contribution in [3.8, 4) is 5.75 Å². The van der Waals surface area contributed by atoms with Crippen LogP contribution in [0.3, 0.4) is 0 Å². The highest BCUT2D eigenvalue weighted by Gasteiger charge is 2.25. The average molecular weight is 295 g/mol. The molecular weight excluding hydrogens is 266 g/mol. The van der Waals surface area contributed by atoms with E-state index in [1.807, 2.05) is 52.0 Å². The summed E-state index contributed by atoms with van der Waals surface area (Å²) < 4.78 is 11.0. The van der Waals surface area contributed by atoms with Crippen LogP contribution in [0.15, 0.2) is 24.3 Å². The lowest BCUT2D eigenvalue weighted by Crippen LogP contribution is -2.41. The van der Waals surface area contributed by atoms with E-state index in [4.69, 9.17) is 9.47 Å². The third kappa shape index (κ3) is 5.76. The van der Waals surface area contributed by atoms with E-state index in [1.165, 1.54) is 0 Å². The molecule has 0 spiro atoms. The van der Waals surface area contributed by atoms with Crippen molar-refractivity contribution in [2.45, 2.75) is 40.7 Å². The van der Waals surface area contributed by atoms with Gasteiger partial charge in [-0.15, -0.1) is 0 Å². The van der Waals surface area contributed by atoms with Crippen LogP contribution >= 0.6 is 0 Å². The molecule has 1 fully saturated rings. The van der Waals surface area contributed by atoms with Gasteiger partial charge in [0.25, 0.3) is 0 Å². The van der Waals surface area contributed by atoms with Gasteiger partial charge in [-0.2, -0.15) is 0 Å². The molecule has 2 rings (SSSR count). The summed E-state index contributed by atoms with van der Waals surface area (Å²) in [6.45, 7) is 11.4. The van der Waals surface area contributed by atoms with E-state index < -0.39 is 0 Å². The number of benzene rings is 1. The molecule has 21 heavy (non-hydrogen) atoms. The molecule has 120 valence electrons. The zero-order valence-corrected chi connectivity index (χ0v) is 14.2. The minimum atomic E-state index is -0.0937. The number of amides is 1. The molecule has 0 aliphatic carbocycles. The second-order valence-corrected chi connectivity index (χ2v) is 4.07. The Morgan fingerprint density at radius 2 is 1.86 bits per heavy atom. The molecule has 1 aromatic rings. The number of rotatable bonds is 2. The highest BCUT2D eigenvalue weighted by Crippen LogP contribution is 2.29. The number of carbonyl (C=O) groups is 1. The van der Waals surface area contributed by atoms with E-state index >= 15 is 0 Å². The topological polar surface area (TPSA) is 38.8 Å². The van der Waals surface area contributed by atoms with Crippen molar-refractivity contribution in [1.29, 1.82) is 0 Å². The van der Waals surface area contributed by atoms with Crippen molar-refractivity contribution in [2.24, 2.45) is 0 Å². The number of hydrogen-bond acceptors (Lipinski definition) is 3. The van der Waals surface area contributed by atoms with E-state index in [0.29, 0.717) is 19.7 Å². The van der Waals surface area contributed by atoms with Crippen LogP contribution in [0.5, 0.6) is 5.75 Å². The van der Waals surface area contributed by atoms with Crippen molar-refractivity contribution in [3.05, 3.63) is 29.8 Å². The molecule has 1 saturated heterocycles. The second-order valence-electron chi connectivity index (χ2n) is 4.07. The van der Waals surface area contributed by atoms with E-state index in [2.05, 4.69) is 0 Å². The lowest BCUT2D eigenvalue weighted by Gasteiger charge is -2.33. The van der Waals surface area contributed by atoms with Crippen LogP contribution in [0.4, 0.5) is 0 Å². The highest BCUT2D eigenvalue weighted by atomic mass is 16.5. The van der Waals surface area contributed by atoms with E-state index in [1.54, 1.807) is 18.9 Å². The first kappa shape index (κ1) is 19.4. The third-order valence-corrected chi connectivity index (χ3v) is 3.00. The summed E-state index contributed by atoms with van der Waals surface area (Å²) >= 11 is 0. The molecule has 0 radical (unpaired) electrons. The second kappa shape index (κ2) is 11.1. The fourth-order valence-corrected chi connectivity index (χ4v) is 2.06. The Labute approximate surface area is 129 Å². The molecular formula is C17H29NO3. The van der Waals surface area contributed by atoms with Crippen molar-refractivity contribution >= 4 is 5.91 Å². The third-order valence-electron chi connectivity index (χ3n) is 3.00. The van der Waals surface area contributed by atoms with Crippen LogP contribution in [0, 0.1) is 0 Å².